The van der Waals surface area contributed by atoms with E-state index in [4.69, 9.17) is 4.99 Å². The topological polar surface area (TPSA) is 76.6 Å². The van der Waals surface area contributed by atoms with Crippen LogP contribution < -0.4 is 11.2 Å². The lowest BCUT2D eigenvalue weighted by Gasteiger charge is -2.17. The van der Waals surface area contributed by atoms with Gasteiger partial charge < -0.3 is 5.11 Å². The molecule has 0 unspecified atom stereocenters. The number of rotatable bonds is 5. The first-order valence-electron chi connectivity index (χ1n) is 9.11. The molecule has 0 aliphatic carbocycles. The molecule has 0 amide bonds. The minimum absolute atomic E-state index is 0.0592. The Kier molecular flexibility index (Phi) is 5.59. The van der Waals surface area contributed by atoms with Crippen LogP contribution in [-0.4, -0.2) is 20.0 Å². The van der Waals surface area contributed by atoms with Crippen LogP contribution in [0.2, 0.25) is 0 Å². The Morgan fingerprint density at radius 1 is 0.929 bits per heavy atom. The first kappa shape index (κ1) is 19.4. The summed E-state index contributed by atoms with van der Waals surface area (Å²) in [5.74, 6) is -0.367. The molecule has 144 valence electrons. The lowest BCUT2D eigenvalue weighted by atomic mass is 9.98. The third-order valence-corrected chi connectivity index (χ3v) is 4.77. The summed E-state index contributed by atoms with van der Waals surface area (Å²) in [5, 5.41) is 10.5. The van der Waals surface area contributed by atoms with Crippen molar-refractivity contribution < 1.29 is 5.11 Å². The number of aromatic nitrogens is 2. The summed E-state index contributed by atoms with van der Waals surface area (Å²) in [6.07, 6.45) is 0.428. The highest BCUT2D eigenvalue weighted by Gasteiger charge is 2.21. The van der Waals surface area contributed by atoms with Gasteiger partial charge in [-0.05, 0) is 17.5 Å². The van der Waals surface area contributed by atoms with Crippen molar-refractivity contribution in [2.45, 2.75) is 19.4 Å². The van der Waals surface area contributed by atoms with E-state index in [9.17, 15) is 14.7 Å². The van der Waals surface area contributed by atoms with E-state index < -0.39 is 11.2 Å². The Balaban J connectivity index is 2.25. The van der Waals surface area contributed by atoms with E-state index in [0.717, 1.165) is 20.3 Å². The summed E-state index contributed by atoms with van der Waals surface area (Å²) in [4.78, 5) is 29.7. The Morgan fingerprint density at radius 3 is 1.89 bits per heavy atom. The van der Waals surface area contributed by atoms with Crippen molar-refractivity contribution in [3.05, 3.63) is 98.2 Å². The van der Waals surface area contributed by atoms with E-state index in [1.165, 1.54) is 14.1 Å². The molecule has 1 N–H and O–H groups in total. The fourth-order valence-electron chi connectivity index (χ4n) is 3.19. The third-order valence-electron chi connectivity index (χ3n) is 4.77. The normalized spacial score (nSPS) is 11.8. The summed E-state index contributed by atoms with van der Waals surface area (Å²) < 4.78 is 2.04. The Bertz CT molecular complexity index is 1070. The van der Waals surface area contributed by atoms with Gasteiger partial charge in [0.1, 0.15) is 11.6 Å². The van der Waals surface area contributed by atoms with Gasteiger partial charge in [-0.1, -0.05) is 67.6 Å². The first-order valence-corrected chi connectivity index (χ1v) is 9.11. The van der Waals surface area contributed by atoms with Crippen molar-refractivity contribution >= 4 is 5.71 Å². The summed E-state index contributed by atoms with van der Waals surface area (Å²) in [7, 11) is 2.83. The zero-order valence-electron chi connectivity index (χ0n) is 16.2. The van der Waals surface area contributed by atoms with Gasteiger partial charge >= 0.3 is 5.69 Å². The minimum Gasteiger partial charge on any atom is -0.494 e. The van der Waals surface area contributed by atoms with Crippen molar-refractivity contribution in [3.63, 3.8) is 0 Å². The molecule has 0 saturated heterocycles. The monoisotopic (exact) mass is 377 g/mol. The molecule has 0 radical (unpaired) electrons. The van der Waals surface area contributed by atoms with Crippen LogP contribution in [0.15, 0.2) is 75.2 Å². The second-order valence-electron chi connectivity index (χ2n) is 6.56. The van der Waals surface area contributed by atoms with E-state index in [2.05, 4.69) is 0 Å². The molecule has 0 spiro atoms. The SMILES string of the molecule is CCC(=NC(c1ccccc1)c1ccccc1)c1c(O)n(C)c(=O)n(C)c1=O. The van der Waals surface area contributed by atoms with Crippen LogP contribution in [0, 0.1) is 0 Å². The highest BCUT2D eigenvalue weighted by molar-refractivity contribution is 6.02. The van der Waals surface area contributed by atoms with Gasteiger partial charge in [0, 0.05) is 14.1 Å². The van der Waals surface area contributed by atoms with Crippen molar-refractivity contribution in [2.24, 2.45) is 19.1 Å². The molecule has 0 atom stereocenters. The molecular weight excluding hydrogens is 354 g/mol. The third kappa shape index (κ3) is 3.53. The van der Waals surface area contributed by atoms with Crippen LogP contribution in [-0.2, 0) is 14.1 Å². The second-order valence-corrected chi connectivity index (χ2v) is 6.56. The predicted molar refractivity (Wildman–Crippen MR) is 110 cm³/mol. The van der Waals surface area contributed by atoms with Crippen LogP contribution >= 0.6 is 0 Å². The Hall–Kier alpha value is -3.41. The van der Waals surface area contributed by atoms with Crippen LogP contribution in [0.5, 0.6) is 5.88 Å². The summed E-state index contributed by atoms with van der Waals surface area (Å²) in [6.45, 7) is 1.87. The molecule has 0 aliphatic heterocycles. The molecule has 2 aromatic carbocycles. The zero-order valence-corrected chi connectivity index (χ0v) is 16.2. The highest BCUT2D eigenvalue weighted by Crippen LogP contribution is 2.27. The van der Waals surface area contributed by atoms with E-state index in [1.807, 2.05) is 67.6 Å². The average molecular weight is 377 g/mol. The zero-order chi connectivity index (χ0) is 20.3. The maximum absolute atomic E-state index is 12.7. The number of aromatic hydroxyl groups is 1. The quantitative estimate of drug-likeness (QED) is 0.695. The van der Waals surface area contributed by atoms with Crippen molar-refractivity contribution in [1.82, 2.24) is 9.13 Å². The van der Waals surface area contributed by atoms with Gasteiger partial charge in [-0.25, -0.2) is 4.79 Å². The molecule has 0 saturated carbocycles. The van der Waals surface area contributed by atoms with Gasteiger partial charge in [0.05, 0.1) is 5.71 Å². The van der Waals surface area contributed by atoms with E-state index in [1.54, 1.807) is 0 Å². The van der Waals surface area contributed by atoms with Crippen molar-refractivity contribution in [1.29, 1.82) is 0 Å². The molecular formula is C22H23N3O3. The fraction of sp³-hybridized carbons (Fsp3) is 0.227. The fourth-order valence-corrected chi connectivity index (χ4v) is 3.19. The van der Waals surface area contributed by atoms with Gasteiger partial charge in [0.2, 0.25) is 5.88 Å². The smallest absolute Gasteiger partial charge is 0.333 e. The standard InChI is InChI=1S/C22H23N3O3/c1-4-17(18-20(26)24(2)22(28)25(3)21(18)27)23-19(15-11-7-5-8-12-15)16-13-9-6-10-14-16/h5-14,19,26H,4H2,1-3H3. The van der Waals surface area contributed by atoms with E-state index in [0.29, 0.717) is 12.1 Å². The van der Waals surface area contributed by atoms with Crippen LogP contribution in [0.3, 0.4) is 0 Å². The molecule has 3 rings (SSSR count). The van der Waals surface area contributed by atoms with Crippen molar-refractivity contribution in [3.8, 4) is 5.88 Å². The van der Waals surface area contributed by atoms with Crippen LogP contribution in [0.4, 0.5) is 0 Å². The Morgan fingerprint density at radius 2 is 1.43 bits per heavy atom. The molecule has 28 heavy (non-hydrogen) atoms. The number of hydrogen-bond acceptors (Lipinski definition) is 4. The predicted octanol–water partition coefficient (Wildman–Crippen LogP) is 2.78. The summed E-state index contributed by atoms with van der Waals surface area (Å²) in [5.41, 5.74) is 1.32. The molecule has 3 aromatic rings. The number of hydrogen-bond donors (Lipinski definition) is 1. The van der Waals surface area contributed by atoms with Crippen molar-refractivity contribution in [2.75, 3.05) is 0 Å². The minimum atomic E-state index is -0.579. The first-order chi connectivity index (χ1) is 13.5. The molecule has 6 nitrogen and oxygen atoms in total. The van der Waals surface area contributed by atoms with Crippen LogP contribution in [0.1, 0.15) is 36.1 Å². The van der Waals surface area contributed by atoms with Crippen LogP contribution in [0.25, 0.3) is 0 Å². The number of aliphatic imine (C=N–C) groups is 1. The molecule has 1 aromatic heterocycles. The molecule has 0 bridgehead atoms. The molecule has 0 aliphatic rings. The largest absolute Gasteiger partial charge is 0.494 e. The average Bonchev–Trinajstić information content (AvgIpc) is 2.74. The lowest BCUT2D eigenvalue weighted by molar-refractivity contribution is 0.410. The summed E-state index contributed by atoms with van der Waals surface area (Å²) in [6, 6.07) is 19.2. The second kappa shape index (κ2) is 8.08. The molecule has 6 heteroatoms. The molecule has 0 fully saturated rings. The number of nitrogens with zero attached hydrogens (tertiary/aromatic N) is 3. The van der Waals surface area contributed by atoms with Gasteiger partial charge in [-0.3, -0.25) is 18.9 Å². The van der Waals surface area contributed by atoms with Gasteiger partial charge in [-0.2, -0.15) is 0 Å². The maximum atomic E-state index is 12.7. The Labute approximate surface area is 163 Å². The highest BCUT2D eigenvalue weighted by atomic mass is 16.3. The summed E-state index contributed by atoms with van der Waals surface area (Å²) >= 11 is 0. The van der Waals surface area contributed by atoms with Gasteiger partial charge in [0.15, 0.2) is 0 Å². The lowest BCUT2D eigenvalue weighted by Crippen LogP contribution is -2.40. The molecule has 1 heterocycles. The number of benzene rings is 2. The van der Waals surface area contributed by atoms with Gasteiger partial charge in [-0.15, -0.1) is 0 Å². The van der Waals surface area contributed by atoms with Gasteiger partial charge in [0.25, 0.3) is 5.56 Å². The van der Waals surface area contributed by atoms with E-state index in [-0.39, 0.29) is 17.5 Å². The maximum Gasteiger partial charge on any atom is 0.333 e. The van der Waals surface area contributed by atoms with E-state index >= 15 is 0 Å².